The first kappa shape index (κ1) is 11.6. The van der Waals surface area contributed by atoms with Gasteiger partial charge in [0.15, 0.2) is 9.84 Å². The standard InChI is InChI=1S/C10H10N2O4S/c13-10(14)8-1-3-11-5-9(8)12-7-2-4-17(15,16)6-7/h1-5,7,12H,6H2,(H,13,14). The van der Waals surface area contributed by atoms with Crippen molar-refractivity contribution in [2.45, 2.75) is 6.04 Å². The van der Waals surface area contributed by atoms with Gasteiger partial charge in [-0.05, 0) is 6.07 Å². The van der Waals surface area contributed by atoms with E-state index in [1.54, 1.807) is 0 Å². The van der Waals surface area contributed by atoms with Crippen LogP contribution in [0.15, 0.2) is 29.9 Å². The van der Waals surface area contributed by atoms with Gasteiger partial charge in [-0.25, -0.2) is 13.2 Å². The van der Waals surface area contributed by atoms with Crippen molar-refractivity contribution < 1.29 is 18.3 Å². The monoisotopic (exact) mass is 254 g/mol. The fourth-order valence-corrected chi connectivity index (χ4v) is 2.80. The number of carboxylic acids is 1. The number of pyridine rings is 1. The summed E-state index contributed by atoms with van der Waals surface area (Å²) in [5.41, 5.74) is 0.379. The number of hydrogen-bond donors (Lipinski definition) is 2. The van der Waals surface area contributed by atoms with Crippen molar-refractivity contribution in [2.75, 3.05) is 11.1 Å². The van der Waals surface area contributed by atoms with Crippen molar-refractivity contribution in [3.8, 4) is 0 Å². The minimum atomic E-state index is -3.16. The largest absolute Gasteiger partial charge is 0.478 e. The van der Waals surface area contributed by atoms with Crippen LogP contribution in [0.4, 0.5) is 5.69 Å². The average molecular weight is 254 g/mol. The number of carbonyl (C=O) groups is 1. The van der Waals surface area contributed by atoms with E-state index in [-0.39, 0.29) is 11.3 Å². The molecular formula is C10H10N2O4S. The quantitative estimate of drug-likeness (QED) is 0.815. The summed E-state index contributed by atoms with van der Waals surface area (Å²) in [7, 11) is -3.16. The van der Waals surface area contributed by atoms with Crippen LogP contribution >= 0.6 is 0 Å². The summed E-state index contributed by atoms with van der Waals surface area (Å²) in [6.45, 7) is 0. The predicted molar refractivity (Wildman–Crippen MR) is 61.5 cm³/mol. The van der Waals surface area contributed by atoms with Gasteiger partial charge in [0.25, 0.3) is 0 Å². The van der Waals surface area contributed by atoms with Crippen LogP contribution in [0.25, 0.3) is 0 Å². The summed E-state index contributed by atoms with van der Waals surface area (Å²) in [4.78, 5) is 14.7. The second-order valence-electron chi connectivity index (χ2n) is 3.64. The molecule has 0 fully saturated rings. The minimum Gasteiger partial charge on any atom is -0.478 e. The Balaban J connectivity index is 2.21. The first-order valence-electron chi connectivity index (χ1n) is 4.83. The maximum atomic E-state index is 11.2. The zero-order valence-corrected chi connectivity index (χ0v) is 9.52. The third-order valence-corrected chi connectivity index (χ3v) is 3.72. The molecule has 0 spiro atoms. The highest BCUT2D eigenvalue weighted by molar-refractivity contribution is 7.94. The van der Waals surface area contributed by atoms with E-state index in [9.17, 15) is 13.2 Å². The van der Waals surface area contributed by atoms with Gasteiger partial charge in [0, 0.05) is 11.6 Å². The Bertz CT molecular complexity index is 580. The average Bonchev–Trinajstić information content (AvgIpc) is 2.58. The molecule has 7 heteroatoms. The molecule has 1 aromatic rings. The lowest BCUT2D eigenvalue weighted by Gasteiger charge is -2.12. The lowest BCUT2D eigenvalue weighted by atomic mass is 10.2. The Kier molecular flexibility index (Phi) is 2.84. The van der Waals surface area contributed by atoms with E-state index >= 15 is 0 Å². The number of sulfone groups is 1. The molecule has 0 aliphatic carbocycles. The van der Waals surface area contributed by atoms with Crippen LogP contribution in [-0.2, 0) is 9.84 Å². The first-order chi connectivity index (χ1) is 7.98. The Morgan fingerprint density at radius 3 is 2.88 bits per heavy atom. The topological polar surface area (TPSA) is 96.4 Å². The molecule has 0 saturated carbocycles. The van der Waals surface area contributed by atoms with E-state index in [1.807, 2.05) is 0 Å². The third-order valence-electron chi connectivity index (χ3n) is 2.32. The molecule has 0 radical (unpaired) electrons. The normalized spacial score (nSPS) is 21.3. The highest BCUT2D eigenvalue weighted by atomic mass is 32.2. The summed E-state index contributed by atoms with van der Waals surface area (Å²) < 4.78 is 22.4. The first-order valence-corrected chi connectivity index (χ1v) is 6.54. The molecule has 6 nitrogen and oxygen atoms in total. The van der Waals surface area contributed by atoms with Crippen molar-refractivity contribution >= 4 is 21.5 Å². The van der Waals surface area contributed by atoms with Gasteiger partial charge in [-0.2, -0.15) is 0 Å². The number of nitrogens with zero attached hydrogens (tertiary/aromatic N) is 1. The van der Waals surface area contributed by atoms with E-state index in [2.05, 4.69) is 10.3 Å². The maximum absolute atomic E-state index is 11.2. The van der Waals surface area contributed by atoms with Crippen LogP contribution < -0.4 is 5.32 Å². The van der Waals surface area contributed by atoms with Crippen molar-refractivity contribution in [3.63, 3.8) is 0 Å². The third kappa shape index (κ3) is 2.62. The van der Waals surface area contributed by atoms with Gasteiger partial charge in [-0.1, -0.05) is 6.08 Å². The van der Waals surface area contributed by atoms with Crippen molar-refractivity contribution in [1.82, 2.24) is 4.98 Å². The number of nitrogens with one attached hydrogen (secondary N) is 1. The molecule has 0 saturated heterocycles. The summed E-state index contributed by atoms with van der Waals surface area (Å²) in [5.74, 6) is -1.15. The van der Waals surface area contributed by atoms with E-state index < -0.39 is 21.8 Å². The second-order valence-corrected chi connectivity index (χ2v) is 5.57. The van der Waals surface area contributed by atoms with Gasteiger partial charge in [0.1, 0.15) is 0 Å². The zero-order valence-electron chi connectivity index (χ0n) is 8.70. The van der Waals surface area contributed by atoms with Gasteiger partial charge in [0.05, 0.1) is 29.2 Å². The van der Waals surface area contributed by atoms with Crippen LogP contribution in [0, 0.1) is 0 Å². The minimum absolute atomic E-state index is 0.0673. The number of aromatic nitrogens is 1. The number of hydrogen-bond acceptors (Lipinski definition) is 5. The van der Waals surface area contributed by atoms with Crippen LogP contribution in [-0.4, -0.2) is 36.3 Å². The molecular weight excluding hydrogens is 244 g/mol. The second kappa shape index (κ2) is 4.17. The zero-order chi connectivity index (χ0) is 12.5. The van der Waals surface area contributed by atoms with Gasteiger partial charge >= 0.3 is 5.97 Å². The Hall–Kier alpha value is -1.89. The summed E-state index contributed by atoms with van der Waals surface area (Å²) in [6.07, 6.45) is 4.23. The van der Waals surface area contributed by atoms with Gasteiger partial charge in [-0.15, -0.1) is 0 Å². The summed E-state index contributed by atoms with van der Waals surface area (Å²) >= 11 is 0. The van der Waals surface area contributed by atoms with Crippen LogP contribution in [0.1, 0.15) is 10.4 Å². The van der Waals surface area contributed by atoms with E-state index in [0.717, 1.165) is 5.41 Å². The van der Waals surface area contributed by atoms with Crippen molar-refractivity contribution in [2.24, 2.45) is 0 Å². The molecule has 2 N–H and O–H groups in total. The molecule has 0 aromatic carbocycles. The molecule has 17 heavy (non-hydrogen) atoms. The Morgan fingerprint density at radius 2 is 2.29 bits per heavy atom. The SMILES string of the molecule is O=C(O)c1ccncc1NC1C=CS(=O)(=O)C1. The smallest absolute Gasteiger partial charge is 0.337 e. The molecule has 2 rings (SSSR count). The molecule has 1 atom stereocenters. The Labute approximate surface area is 97.9 Å². The summed E-state index contributed by atoms with van der Waals surface area (Å²) in [6, 6.07) is 0.944. The summed E-state index contributed by atoms with van der Waals surface area (Å²) in [5, 5.41) is 12.9. The molecule has 1 aliphatic heterocycles. The molecule has 1 unspecified atom stereocenters. The van der Waals surface area contributed by atoms with Crippen LogP contribution in [0.2, 0.25) is 0 Å². The van der Waals surface area contributed by atoms with E-state index in [4.69, 9.17) is 5.11 Å². The molecule has 90 valence electrons. The Morgan fingerprint density at radius 1 is 1.53 bits per heavy atom. The predicted octanol–water partition coefficient (Wildman–Crippen LogP) is 0.502. The van der Waals surface area contributed by atoms with Crippen molar-refractivity contribution in [1.29, 1.82) is 0 Å². The highest BCUT2D eigenvalue weighted by Gasteiger charge is 2.22. The number of rotatable bonds is 3. The lowest BCUT2D eigenvalue weighted by Crippen LogP contribution is -2.22. The number of carboxylic acid groups (broad SMARTS) is 1. The van der Waals surface area contributed by atoms with Crippen LogP contribution in [0.5, 0.6) is 0 Å². The molecule has 1 aliphatic rings. The molecule has 2 heterocycles. The molecule has 0 amide bonds. The van der Waals surface area contributed by atoms with Gasteiger partial charge in [-0.3, -0.25) is 4.98 Å². The van der Waals surface area contributed by atoms with Crippen molar-refractivity contribution in [3.05, 3.63) is 35.5 Å². The molecule has 0 bridgehead atoms. The number of aromatic carboxylic acids is 1. The fourth-order valence-electron chi connectivity index (χ4n) is 1.56. The fraction of sp³-hybridized carbons (Fsp3) is 0.200. The van der Waals surface area contributed by atoms with Crippen LogP contribution in [0.3, 0.4) is 0 Å². The maximum Gasteiger partial charge on any atom is 0.337 e. The highest BCUT2D eigenvalue weighted by Crippen LogP contribution is 2.18. The number of anilines is 1. The van der Waals surface area contributed by atoms with E-state index in [1.165, 1.54) is 24.5 Å². The lowest BCUT2D eigenvalue weighted by molar-refractivity contribution is 0.0698. The van der Waals surface area contributed by atoms with Gasteiger partial charge < -0.3 is 10.4 Å². The van der Waals surface area contributed by atoms with E-state index in [0.29, 0.717) is 5.69 Å². The van der Waals surface area contributed by atoms with Gasteiger partial charge in [0.2, 0.25) is 0 Å². The molecule has 1 aromatic heterocycles.